The van der Waals surface area contributed by atoms with Gasteiger partial charge in [0.15, 0.2) is 0 Å². The minimum Gasteiger partial charge on any atom is -0.322 e. The SMILES string of the molecule is Cc1ccc(C(N)CN2C(=O)CC(C)C2=O)cc1C. The second-order valence-electron chi connectivity index (χ2n) is 5.40. The lowest BCUT2D eigenvalue weighted by atomic mass is 10.0. The van der Waals surface area contributed by atoms with E-state index in [1.807, 2.05) is 32.0 Å². The standard InChI is InChI=1S/C15H20N2O2/c1-9-4-5-12(6-10(9)2)13(16)8-17-14(18)7-11(3)15(17)19/h4-6,11,13H,7-8,16H2,1-3H3. The number of rotatable bonds is 3. The molecule has 0 aromatic heterocycles. The lowest BCUT2D eigenvalue weighted by molar-refractivity contribution is -0.139. The van der Waals surface area contributed by atoms with Crippen LogP contribution in [0.15, 0.2) is 18.2 Å². The summed E-state index contributed by atoms with van der Waals surface area (Å²) in [6.45, 7) is 6.12. The first-order chi connectivity index (χ1) is 8.90. The Morgan fingerprint density at radius 1 is 1.32 bits per heavy atom. The van der Waals surface area contributed by atoms with Crippen LogP contribution in [0.25, 0.3) is 0 Å². The molecule has 0 radical (unpaired) electrons. The summed E-state index contributed by atoms with van der Waals surface area (Å²) in [5.74, 6) is -0.430. The summed E-state index contributed by atoms with van der Waals surface area (Å²) in [7, 11) is 0. The molecular formula is C15H20N2O2. The van der Waals surface area contributed by atoms with Crippen LogP contribution in [-0.4, -0.2) is 23.3 Å². The average Bonchev–Trinajstić information content (AvgIpc) is 2.59. The second kappa shape index (κ2) is 5.13. The molecule has 2 rings (SSSR count). The van der Waals surface area contributed by atoms with E-state index in [2.05, 4.69) is 0 Å². The highest BCUT2D eigenvalue weighted by atomic mass is 16.2. The third-order valence-electron chi connectivity index (χ3n) is 3.81. The van der Waals surface area contributed by atoms with Crippen molar-refractivity contribution in [2.45, 2.75) is 33.2 Å². The van der Waals surface area contributed by atoms with Crippen molar-refractivity contribution in [2.75, 3.05) is 6.54 Å². The fourth-order valence-corrected chi connectivity index (χ4v) is 2.34. The molecular weight excluding hydrogens is 240 g/mol. The molecule has 4 heteroatoms. The maximum Gasteiger partial charge on any atom is 0.232 e. The molecule has 0 saturated carbocycles. The van der Waals surface area contributed by atoms with Crippen LogP contribution in [0.3, 0.4) is 0 Å². The molecule has 0 aliphatic carbocycles. The van der Waals surface area contributed by atoms with Gasteiger partial charge in [0.25, 0.3) is 0 Å². The molecule has 0 spiro atoms. The smallest absolute Gasteiger partial charge is 0.232 e. The molecule has 1 heterocycles. The molecule has 2 unspecified atom stereocenters. The Kier molecular flexibility index (Phi) is 3.71. The van der Waals surface area contributed by atoms with Gasteiger partial charge in [0.2, 0.25) is 11.8 Å². The van der Waals surface area contributed by atoms with Crippen molar-refractivity contribution in [3.8, 4) is 0 Å². The highest BCUT2D eigenvalue weighted by Crippen LogP contribution is 2.22. The predicted molar refractivity (Wildman–Crippen MR) is 73.3 cm³/mol. The number of nitrogens with two attached hydrogens (primary N) is 1. The van der Waals surface area contributed by atoms with E-state index in [1.54, 1.807) is 6.92 Å². The zero-order valence-corrected chi connectivity index (χ0v) is 11.6. The van der Waals surface area contributed by atoms with E-state index in [9.17, 15) is 9.59 Å². The Morgan fingerprint density at radius 3 is 2.53 bits per heavy atom. The van der Waals surface area contributed by atoms with Crippen molar-refractivity contribution >= 4 is 11.8 Å². The first-order valence-electron chi connectivity index (χ1n) is 6.57. The first-order valence-corrected chi connectivity index (χ1v) is 6.57. The number of carbonyl (C=O) groups is 2. The van der Waals surface area contributed by atoms with Gasteiger partial charge >= 0.3 is 0 Å². The minimum absolute atomic E-state index is 0.107. The summed E-state index contributed by atoms with van der Waals surface area (Å²) < 4.78 is 0. The van der Waals surface area contributed by atoms with E-state index in [-0.39, 0.29) is 30.3 Å². The van der Waals surface area contributed by atoms with Crippen molar-refractivity contribution in [3.63, 3.8) is 0 Å². The van der Waals surface area contributed by atoms with Gasteiger partial charge in [-0.2, -0.15) is 0 Å². The number of benzene rings is 1. The van der Waals surface area contributed by atoms with Gasteiger partial charge in [-0.1, -0.05) is 25.1 Å². The van der Waals surface area contributed by atoms with Crippen LogP contribution < -0.4 is 5.73 Å². The number of likely N-dealkylation sites (tertiary alicyclic amines) is 1. The van der Waals surface area contributed by atoms with E-state index in [0.29, 0.717) is 6.42 Å². The van der Waals surface area contributed by atoms with Gasteiger partial charge in [-0.3, -0.25) is 14.5 Å². The maximum atomic E-state index is 11.9. The Balaban J connectivity index is 2.12. The molecule has 1 aliphatic rings. The molecule has 4 nitrogen and oxygen atoms in total. The van der Waals surface area contributed by atoms with E-state index in [0.717, 1.165) is 5.56 Å². The molecule has 1 aromatic carbocycles. The molecule has 1 fully saturated rings. The quantitative estimate of drug-likeness (QED) is 0.841. The van der Waals surface area contributed by atoms with Crippen LogP contribution >= 0.6 is 0 Å². The number of hydrogen-bond donors (Lipinski definition) is 1. The Hall–Kier alpha value is -1.68. The zero-order chi connectivity index (χ0) is 14.2. The third-order valence-corrected chi connectivity index (χ3v) is 3.81. The molecule has 2 atom stereocenters. The van der Waals surface area contributed by atoms with E-state index < -0.39 is 0 Å². The fourth-order valence-electron chi connectivity index (χ4n) is 2.34. The average molecular weight is 260 g/mol. The number of carbonyl (C=O) groups excluding carboxylic acids is 2. The normalized spacial score (nSPS) is 21.1. The highest BCUT2D eigenvalue weighted by Gasteiger charge is 2.36. The molecule has 102 valence electrons. The van der Waals surface area contributed by atoms with Gasteiger partial charge in [0, 0.05) is 24.9 Å². The molecule has 2 amide bonds. The number of amides is 2. The Morgan fingerprint density at radius 2 is 2.00 bits per heavy atom. The lowest BCUT2D eigenvalue weighted by Crippen LogP contribution is -2.36. The van der Waals surface area contributed by atoms with Crippen molar-refractivity contribution in [2.24, 2.45) is 11.7 Å². The Bertz CT molecular complexity index is 525. The van der Waals surface area contributed by atoms with Gasteiger partial charge in [-0.15, -0.1) is 0 Å². The van der Waals surface area contributed by atoms with Gasteiger partial charge in [0.1, 0.15) is 0 Å². The summed E-state index contributed by atoms with van der Waals surface area (Å²) in [5, 5.41) is 0. The maximum absolute atomic E-state index is 11.9. The minimum atomic E-state index is -0.322. The second-order valence-corrected chi connectivity index (χ2v) is 5.40. The van der Waals surface area contributed by atoms with Crippen molar-refractivity contribution in [3.05, 3.63) is 34.9 Å². The van der Waals surface area contributed by atoms with Crippen LogP contribution in [0.1, 0.15) is 36.1 Å². The van der Waals surface area contributed by atoms with Crippen molar-refractivity contribution < 1.29 is 9.59 Å². The van der Waals surface area contributed by atoms with Crippen LogP contribution in [0, 0.1) is 19.8 Å². The van der Waals surface area contributed by atoms with Gasteiger partial charge in [0.05, 0.1) is 0 Å². The molecule has 1 aromatic rings. The predicted octanol–water partition coefficient (Wildman–Crippen LogP) is 1.70. The number of aryl methyl sites for hydroxylation is 2. The Labute approximate surface area is 113 Å². The summed E-state index contributed by atoms with van der Waals surface area (Å²) in [5.41, 5.74) is 9.45. The van der Waals surface area contributed by atoms with Gasteiger partial charge in [-0.05, 0) is 30.5 Å². The monoisotopic (exact) mass is 260 g/mol. The summed E-state index contributed by atoms with van der Waals surface area (Å²) in [6, 6.07) is 5.67. The lowest BCUT2D eigenvalue weighted by Gasteiger charge is -2.20. The van der Waals surface area contributed by atoms with E-state index in [1.165, 1.54) is 16.0 Å². The van der Waals surface area contributed by atoms with Gasteiger partial charge < -0.3 is 5.73 Å². The number of nitrogens with zero attached hydrogens (tertiary/aromatic N) is 1. The third kappa shape index (κ3) is 2.68. The fraction of sp³-hybridized carbons (Fsp3) is 0.467. The number of hydrogen-bond acceptors (Lipinski definition) is 3. The summed E-state index contributed by atoms with van der Waals surface area (Å²) in [6.07, 6.45) is 0.304. The molecule has 0 bridgehead atoms. The van der Waals surface area contributed by atoms with Crippen molar-refractivity contribution in [1.82, 2.24) is 4.90 Å². The van der Waals surface area contributed by atoms with Crippen LogP contribution in [0.2, 0.25) is 0 Å². The topological polar surface area (TPSA) is 63.4 Å². The van der Waals surface area contributed by atoms with Crippen LogP contribution in [0.4, 0.5) is 0 Å². The summed E-state index contributed by atoms with van der Waals surface area (Å²) in [4.78, 5) is 24.9. The zero-order valence-electron chi connectivity index (χ0n) is 11.6. The van der Waals surface area contributed by atoms with Gasteiger partial charge in [-0.25, -0.2) is 0 Å². The van der Waals surface area contributed by atoms with Crippen molar-refractivity contribution in [1.29, 1.82) is 0 Å². The van der Waals surface area contributed by atoms with Crippen LogP contribution in [-0.2, 0) is 9.59 Å². The molecule has 19 heavy (non-hydrogen) atoms. The van der Waals surface area contributed by atoms with E-state index in [4.69, 9.17) is 5.73 Å². The highest BCUT2D eigenvalue weighted by molar-refractivity contribution is 6.03. The molecule has 1 saturated heterocycles. The largest absolute Gasteiger partial charge is 0.322 e. The first kappa shape index (κ1) is 13.7. The van der Waals surface area contributed by atoms with Crippen LogP contribution in [0.5, 0.6) is 0 Å². The molecule has 2 N–H and O–H groups in total. The van der Waals surface area contributed by atoms with E-state index >= 15 is 0 Å². The number of imide groups is 1. The molecule has 1 aliphatic heterocycles. The summed E-state index contributed by atoms with van der Waals surface area (Å²) >= 11 is 0.